The molecular formula is C16H14F2O. The Morgan fingerprint density at radius 3 is 2.37 bits per heavy atom. The van der Waals surface area contributed by atoms with Crippen LogP contribution >= 0.6 is 0 Å². The third-order valence-electron chi connectivity index (χ3n) is 3.12. The highest BCUT2D eigenvalue weighted by molar-refractivity contribution is 5.93. The van der Waals surface area contributed by atoms with E-state index in [9.17, 15) is 13.9 Å². The SMILES string of the molecule is C#Cc1c(F)ccc2c(F)c(O)cc(C(C)(C)C)c12. The van der Waals surface area contributed by atoms with Crippen molar-refractivity contribution in [3.05, 3.63) is 41.0 Å². The molecule has 0 atom stereocenters. The predicted molar refractivity (Wildman–Crippen MR) is 72.2 cm³/mol. The van der Waals surface area contributed by atoms with Gasteiger partial charge in [-0.05, 0) is 29.2 Å². The zero-order valence-electron chi connectivity index (χ0n) is 11.0. The molecule has 0 aromatic heterocycles. The van der Waals surface area contributed by atoms with Crippen molar-refractivity contribution < 1.29 is 13.9 Å². The molecule has 0 unspecified atom stereocenters. The lowest BCUT2D eigenvalue weighted by Crippen LogP contribution is -2.13. The standard InChI is InChI=1S/C16H14F2O/c1-5-9-12(17)7-6-10-14(9)11(16(2,3)4)8-13(19)15(10)18/h1,6-8,19H,2-4H3. The number of phenolic OH excluding ortho intramolecular Hbond substituents is 1. The van der Waals surface area contributed by atoms with Gasteiger partial charge in [0, 0.05) is 10.8 Å². The van der Waals surface area contributed by atoms with E-state index in [0.717, 1.165) is 6.07 Å². The molecule has 0 aliphatic carbocycles. The van der Waals surface area contributed by atoms with E-state index in [-0.39, 0.29) is 10.9 Å². The summed E-state index contributed by atoms with van der Waals surface area (Å²) >= 11 is 0. The lowest BCUT2D eigenvalue weighted by molar-refractivity contribution is 0.433. The van der Waals surface area contributed by atoms with Crippen LogP contribution in [0.3, 0.4) is 0 Å². The summed E-state index contributed by atoms with van der Waals surface area (Å²) in [7, 11) is 0. The fourth-order valence-corrected chi connectivity index (χ4v) is 2.18. The van der Waals surface area contributed by atoms with Gasteiger partial charge in [-0.15, -0.1) is 6.42 Å². The molecular weight excluding hydrogens is 246 g/mol. The Labute approximate surface area is 110 Å². The molecule has 0 radical (unpaired) electrons. The van der Waals surface area contributed by atoms with E-state index in [1.165, 1.54) is 12.1 Å². The van der Waals surface area contributed by atoms with Crippen LogP contribution in [0.25, 0.3) is 10.8 Å². The second kappa shape index (κ2) is 4.24. The third kappa shape index (κ3) is 2.04. The monoisotopic (exact) mass is 260 g/mol. The molecule has 0 spiro atoms. The summed E-state index contributed by atoms with van der Waals surface area (Å²) in [6.45, 7) is 5.68. The lowest BCUT2D eigenvalue weighted by atomic mass is 9.82. The van der Waals surface area contributed by atoms with Crippen molar-refractivity contribution in [2.24, 2.45) is 0 Å². The van der Waals surface area contributed by atoms with Crippen molar-refractivity contribution in [2.45, 2.75) is 26.2 Å². The molecule has 0 aliphatic heterocycles. The molecule has 19 heavy (non-hydrogen) atoms. The fourth-order valence-electron chi connectivity index (χ4n) is 2.18. The Hall–Kier alpha value is -2.08. The first kappa shape index (κ1) is 13.4. The van der Waals surface area contributed by atoms with Gasteiger partial charge in [-0.2, -0.15) is 0 Å². The summed E-state index contributed by atoms with van der Waals surface area (Å²) < 4.78 is 27.8. The summed E-state index contributed by atoms with van der Waals surface area (Å²) in [6.07, 6.45) is 5.34. The molecule has 3 heteroatoms. The third-order valence-corrected chi connectivity index (χ3v) is 3.12. The summed E-state index contributed by atoms with van der Waals surface area (Å²) in [6, 6.07) is 3.74. The number of rotatable bonds is 0. The van der Waals surface area contributed by atoms with E-state index in [4.69, 9.17) is 6.42 Å². The Bertz CT molecular complexity index is 703. The van der Waals surface area contributed by atoms with E-state index in [1.54, 1.807) is 0 Å². The minimum Gasteiger partial charge on any atom is -0.505 e. The first-order chi connectivity index (χ1) is 8.77. The largest absolute Gasteiger partial charge is 0.505 e. The highest BCUT2D eigenvalue weighted by atomic mass is 19.1. The molecule has 0 heterocycles. The van der Waals surface area contributed by atoms with E-state index in [0.29, 0.717) is 10.9 Å². The molecule has 1 nitrogen and oxygen atoms in total. The van der Waals surface area contributed by atoms with Crippen molar-refractivity contribution in [1.82, 2.24) is 0 Å². The van der Waals surface area contributed by atoms with Crippen LogP contribution in [-0.4, -0.2) is 5.11 Å². The Balaban J connectivity index is 3.09. The average molecular weight is 260 g/mol. The molecule has 0 saturated heterocycles. The van der Waals surface area contributed by atoms with Crippen LogP contribution in [0.4, 0.5) is 8.78 Å². The van der Waals surface area contributed by atoms with E-state index < -0.39 is 22.8 Å². The van der Waals surface area contributed by atoms with Crippen LogP contribution in [0.5, 0.6) is 5.75 Å². The van der Waals surface area contributed by atoms with E-state index >= 15 is 0 Å². The van der Waals surface area contributed by atoms with Crippen LogP contribution in [0, 0.1) is 24.0 Å². The van der Waals surface area contributed by atoms with Gasteiger partial charge in [0.15, 0.2) is 11.6 Å². The molecule has 2 aromatic carbocycles. The van der Waals surface area contributed by atoms with Crippen molar-refractivity contribution in [3.63, 3.8) is 0 Å². The second-order valence-corrected chi connectivity index (χ2v) is 5.50. The van der Waals surface area contributed by atoms with Crippen LogP contribution < -0.4 is 0 Å². The van der Waals surface area contributed by atoms with Crippen molar-refractivity contribution in [1.29, 1.82) is 0 Å². The highest BCUT2D eigenvalue weighted by Gasteiger charge is 2.23. The van der Waals surface area contributed by atoms with Crippen LogP contribution in [0.15, 0.2) is 18.2 Å². The molecule has 0 saturated carbocycles. The number of benzene rings is 2. The summed E-state index contributed by atoms with van der Waals surface area (Å²) in [5.41, 5.74) is 0.248. The van der Waals surface area contributed by atoms with E-state index in [1.807, 2.05) is 20.8 Å². The number of terminal acetylenes is 1. The van der Waals surface area contributed by atoms with Gasteiger partial charge in [-0.25, -0.2) is 8.78 Å². The highest BCUT2D eigenvalue weighted by Crippen LogP contribution is 2.38. The molecule has 0 fully saturated rings. The molecule has 1 N–H and O–H groups in total. The zero-order valence-corrected chi connectivity index (χ0v) is 11.0. The van der Waals surface area contributed by atoms with Gasteiger partial charge in [-0.1, -0.05) is 26.7 Å². The predicted octanol–water partition coefficient (Wildman–Crippen LogP) is 4.10. The molecule has 2 aromatic rings. The Kier molecular flexibility index (Phi) is 2.98. The molecule has 2 rings (SSSR count). The average Bonchev–Trinajstić information content (AvgIpc) is 2.32. The van der Waals surface area contributed by atoms with Crippen LogP contribution in [-0.2, 0) is 5.41 Å². The normalized spacial score (nSPS) is 11.6. The van der Waals surface area contributed by atoms with Crippen LogP contribution in [0.1, 0.15) is 31.9 Å². The van der Waals surface area contributed by atoms with Gasteiger partial charge >= 0.3 is 0 Å². The summed E-state index contributed by atoms with van der Waals surface area (Å²) in [5.74, 6) is 0.480. The van der Waals surface area contributed by atoms with Crippen molar-refractivity contribution in [3.8, 4) is 18.1 Å². The van der Waals surface area contributed by atoms with Gasteiger partial charge in [-0.3, -0.25) is 0 Å². The van der Waals surface area contributed by atoms with Gasteiger partial charge in [0.25, 0.3) is 0 Å². The second-order valence-electron chi connectivity index (χ2n) is 5.50. The maximum atomic E-state index is 14.0. The number of fused-ring (bicyclic) bond motifs is 1. The number of hydrogen-bond acceptors (Lipinski definition) is 1. The van der Waals surface area contributed by atoms with Gasteiger partial charge in [0.05, 0.1) is 5.56 Å². The Morgan fingerprint density at radius 2 is 1.84 bits per heavy atom. The number of phenols is 1. The van der Waals surface area contributed by atoms with E-state index in [2.05, 4.69) is 5.92 Å². The molecule has 0 amide bonds. The lowest BCUT2D eigenvalue weighted by Gasteiger charge is -2.23. The smallest absolute Gasteiger partial charge is 0.172 e. The quantitative estimate of drug-likeness (QED) is 0.707. The van der Waals surface area contributed by atoms with Gasteiger partial charge in [0.2, 0.25) is 0 Å². The Morgan fingerprint density at radius 1 is 1.21 bits per heavy atom. The maximum Gasteiger partial charge on any atom is 0.172 e. The topological polar surface area (TPSA) is 20.2 Å². The zero-order chi connectivity index (χ0) is 14.4. The maximum absolute atomic E-state index is 14.0. The van der Waals surface area contributed by atoms with Crippen LogP contribution in [0.2, 0.25) is 0 Å². The first-order valence-corrected chi connectivity index (χ1v) is 5.88. The first-order valence-electron chi connectivity index (χ1n) is 5.88. The number of halogens is 2. The van der Waals surface area contributed by atoms with Gasteiger partial charge < -0.3 is 5.11 Å². The number of aromatic hydroxyl groups is 1. The molecule has 0 aliphatic rings. The minimum atomic E-state index is -0.778. The number of hydrogen-bond donors (Lipinski definition) is 1. The fraction of sp³-hybridized carbons (Fsp3) is 0.250. The molecule has 98 valence electrons. The van der Waals surface area contributed by atoms with Crippen molar-refractivity contribution in [2.75, 3.05) is 0 Å². The molecule has 0 bridgehead atoms. The van der Waals surface area contributed by atoms with Gasteiger partial charge in [0.1, 0.15) is 5.82 Å². The summed E-state index contributed by atoms with van der Waals surface area (Å²) in [4.78, 5) is 0. The van der Waals surface area contributed by atoms with Crippen molar-refractivity contribution >= 4 is 10.8 Å². The summed E-state index contributed by atoms with van der Waals surface area (Å²) in [5, 5.41) is 10.2. The minimum absolute atomic E-state index is 0.0290.